The summed E-state index contributed by atoms with van der Waals surface area (Å²) in [5.74, 6) is 0.0420. The molecule has 0 aliphatic rings. The van der Waals surface area contributed by atoms with Crippen molar-refractivity contribution >= 4 is 12.0 Å². The second kappa shape index (κ2) is 9.07. The fourth-order valence-electron chi connectivity index (χ4n) is 2.17. The molecule has 0 aliphatic heterocycles. The molecule has 1 amide bonds. The van der Waals surface area contributed by atoms with Gasteiger partial charge in [-0.3, -0.25) is 4.79 Å². The Balaban J connectivity index is 1.90. The average Bonchev–Trinajstić information content (AvgIpc) is 2.64. The lowest BCUT2D eigenvalue weighted by molar-refractivity contribution is -0.763. The summed E-state index contributed by atoms with van der Waals surface area (Å²) in [6, 6.07) is 11.7. The summed E-state index contributed by atoms with van der Waals surface area (Å²) < 4.78 is 5.01. The SMILES string of the molecule is COc1cc(C=CC(=O)NCc2cccc(CO[N+](=O)[O-])c2)ccc1O. The van der Waals surface area contributed by atoms with Crippen LogP contribution in [0.1, 0.15) is 16.7 Å². The fourth-order valence-corrected chi connectivity index (χ4v) is 2.17. The number of nitrogens with zero attached hydrogens (tertiary/aromatic N) is 1. The average molecular weight is 358 g/mol. The molecule has 0 saturated heterocycles. The zero-order valence-electron chi connectivity index (χ0n) is 14.0. The van der Waals surface area contributed by atoms with Crippen LogP contribution in [0.15, 0.2) is 48.5 Å². The van der Waals surface area contributed by atoms with E-state index in [0.29, 0.717) is 16.9 Å². The Labute approximate surface area is 149 Å². The van der Waals surface area contributed by atoms with Crippen molar-refractivity contribution in [1.82, 2.24) is 5.32 Å². The predicted molar refractivity (Wildman–Crippen MR) is 93.8 cm³/mol. The van der Waals surface area contributed by atoms with Crippen LogP contribution in [0.2, 0.25) is 0 Å². The molecule has 0 radical (unpaired) electrons. The van der Waals surface area contributed by atoms with E-state index in [4.69, 9.17) is 4.74 Å². The molecule has 0 spiro atoms. The van der Waals surface area contributed by atoms with E-state index in [0.717, 1.165) is 5.56 Å². The maximum Gasteiger partial charge on any atom is 0.294 e. The first kappa shape index (κ1) is 18.8. The zero-order chi connectivity index (χ0) is 18.9. The quantitative estimate of drug-likeness (QED) is 0.426. The van der Waals surface area contributed by atoms with Gasteiger partial charge in [0.05, 0.1) is 7.11 Å². The Morgan fingerprint density at radius 2 is 2.04 bits per heavy atom. The number of rotatable bonds is 8. The fraction of sp³-hybridized carbons (Fsp3) is 0.167. The van der Waals surface area contributed by atoms with Gasteiger partial charge in [-0.25, -0.2) is 0 Å². The van der Waals surface area contributed by atoms with Gasteiger partial charge >= 0.3 is 0 Å². The lowest BCUT2D eigenvalue weighted by atomic mass is 10.1. The number of phenols is 1. The molecule has 2 N–H and O–H groups in total. The molecule has 8 heteroatoms. The number of amides is 1. The van der Waals surface area contributed by atoms with Gasteiger partial charge in [0, 0.05) is 12.6 Å². The van der Waals surface area contributed by atoms with Gasteiger partial charge in [0.1, 0.15) is 6.61 Å². The van der Waals surface area contributed by atoms with Crippen LogP contribution >= 0.6 is 0 Å². The number of nitrogens with one attached hydrogen (secondary N) is 1. The minimum absolute atomic E-state index is 0.0232. The normalized spacial score (nSPS) is 10.5. The molecule has 0 aromatic heterocycles. The van der Waals surface area contributed by atoms with Crippen LogP contribution in [-0.4, -0.2) is 23.2 Å². The molecular formula is C18H18N2O6. The molecule has 0 unspecified atom stereocenters. The molecular weight excluding hydrogens is 340 g/mol. The van der Waals surface area contributed by atoms with E-state index < -0.39 is 5.09 Å². The first-order chi connectivity index (χ1) is 12.5. The van der Waals surface area contributed by atoms with E-state index in [1.807, 2.05) is 0 Å². The van der Waals surface area contributed by atoms with Gasteiger partial charge in [-0.1, -0.05) is 30.3 Å². The Bertz CT molecular complexity index is 819. The van der Waals surface area contributed by atoms with Crippen molar-refractivity contribution < 1.29 is 24.6 Å². The monoisotopic (exact) mass is 358 g/mol. The third-order valence-electron chi connectivity index (χ3n) is 3.43. The van der Waals surface area contributed by atoms with Crippen molar-refractivity contribution in [3.63, 3.8) is 0 Å². The van der Waals surface area contributed by atoms with Crippen molar-refractivity contribution in [3.05, 3.63) is 75.3 Å². The molecule has 0 aliphatic carbocycles. The summed E-state index contributed by atoms with van der Waals surface area (Å²) in [6.45, 7) is 0.131. The van der Waals surface area contributed by atoms with E-state index in [1.54, 1.807) is 42.5 Å². The van der Waals surface area contributed by atoms with Crippen molar-refractivity contribution in [2.75, 3.05) is 7.11 Å². The highest BCUT2D eigenvalue weighted by Crippen LogP contribution is 2.26. The molecule has 0 heterocycles. The molecule has 2 aromatic carbocycles. The van der Waals surface area contributed by atoms with Crippen LogP contribution < -0.4 is 10.1 Å². The zero-order valence-corrected chi connectivity index (χ0v) is 14.0. The predicted octanol–water partition coefficient (Wildman–Crippen LogP) is 2.44. The van der Waals surface area contributed by atoms with Crippen LogP contribution in [0.5, 0.6) is 11.5 Å². The Morgan fingerprint density at radius 3 is 2.77 bits per heavy atom. The van der Waals surface area contributed by atoms with Gasteiger partial charge in [0.2, 0.25) is 5.91 Å². The smallest absolute Gasteiger partial charge is 0.294 e. The molecule has 26 heavy (non-hydrogen) atoms. The van der Waals surface area contributed by atoms with E-state index in [1.165, 1.54) is 19.3 Å². The molecule has 2 aromatic rings. The minimum Gasteiger partial charge on any atom is -0.504 e. The first-order valence-corrected chi connectivity index (χ1v) is 7.66. The highest BCUT2D eigenvalue weighted by Gasteiger charge is 2.03. The third-order valence-corrected chi connectivity index (χ3v) is 3.43. The number of methoxy groups -OCH3 is 1. The maximum absolute atomic E-state index is 11.9. The number of ether oxygens (including phenoxy) is 1. The van der Waals surface area contributed by atoms with Gasteiger partial charge in [-0.15, -0.1) is 10.1 Å². The summed E-state index contributed by atoms with van der Waals surface area (Å²) >= 11 is 0. The Kier molecular flexibility index (Phi) is 6.55. The highest BCUT2D eigenvalue weighted by molar-refractivity contribution is 5.91. The summed E-state index contributed by atoms with van der Waals surface area (Å²) in [6.07, 6.45) is 2.96. The summed E-state index contributed by atoms with van der Waals surface area (Å²) in [5.41, 5.74) is 2.14. The second-order valence-corrected chi connectivity index (χ2v) is 5.30. The Hall–Kier alpha value is -3.55. The largest absolute Gasteiger partial charge is 0.504 e. The summed E-state index contributed by atoms with van der Waals surface area (Å²) in [5, 5.41) is 21.6. The van der Waals surface area contributed by atoms with Crippen molar-refractivity contribution in [1.29, 1.82) is 0 Å². The lowest BCUT2D eigenvalue weighted by Gasteiger charge is -2.06. The van der Waals surface area contributed by atoms with Crippen LogP contribution in [0.25, 0.3) is 6.08 Å². The number of carbonyl (C=O) groups is 1. The summed E-state index contributed by atoms with van der Waals surface area (Å²) in [4.78, 5) is 26.5. The van der Waals surface area contributed by atoms with Crippen LogP contribution in [0.4, 0.5) is 0 Å². The molecule has 0 atom stereocenters. The number of carbonyl (C=O) groups excluding carboxylic acids is 1. The number of hydrogen-bond acceptors (Lipinski definition) is 6. The van der Waals surface area contributed by atoms with Gasteiger partial charge in [-0.2, -0.15) is 0 Å². The first-order valence-electron chi connectivity index (χ1n) is 7.66. The minimum atomic E-state index is -0.850. The third kappa shape index (κ3) is 5.82. The second-order valence-electron chi connectivity index (χ2n) is 5.30. The van der Waals surface area contributed by atoms with E-state index in [-0.39, 0.29) is 24.8 Å². The van der Waals surface area contributed by atoms with Crippen LogP contribution in [0.3, 0.4) is 0 Å². The highest BCUT2D eigenvalue weighted by atomic mass is 16.9. The molecule has 2 rings (SSSR count). The molecule has 0 saturated carbocycles. The van der Waals surface area contributed by atoms with E-state index >= 15 is 0 Å². The van der Waals surface area contributed by atoms with Gasteiger partial charge in [0.25, 0.3) is 5.09 Å². The number of aromatic hydroxyl groups is 1. The van der Waals surface area contributed by atoms with Crippen molar-refractivity contribution in [2.24, 2.45) is 0 Å². The van der Waals surface area contributed by atoms with Crippen LogP contribution in [-0.2, 0) is 22.8 Å². The summed E-state index contributed by atoms with van der Waals surface area (Å²) in [7, 11) is 1.44. The van der Waals surface area contributed by atoms with Gasteiger partial charge < -0.3 is 20.0 Å². The number of hydrogen-bond donors (Lipinski definition) is 2. The number of phenolic OH excluding ortho intramolecular Hbond substituents is 1. The molecule has 0 fully saturated rings. The van der Waals surface area contributed by atoms with E-state index in [9.17, 15) is 20.0 Å². The molecule has 0 bridgehead atoms. The molecule has 8 nitrogen and oxygen atoms in total. The maximum atomic E-state index is 11.9. The Morgan fingerprint density at radius 1 is 1.27 bits per heavy atom. The lowest BCUT2D eigenvalue weighted by Crippen LogP contribution is -2.20. The van der Waals surface area contributed by atoms with Crippen LogP contribution in [0, 0.1) is 10.1 Å². The molecule has 136 valence electrons. The van der Waals surface area contributed by atoms with Crippen molar-refractivity contribution in [2.45, 2.75) is 13.2 Å². The van der Waals surface area contributed by atoms with Gasteiger partial charge in [-0.05, 0) is 34.9 Å². The number of benzene rings is 2. The topological polar surface area (TPSA) is 111 Å². The van der Waals surface area contributed by atoms with Crippen molar-refractivity contribution in [3.8, 4) is 11.5 Å². The standard InChI is InChI=1S/C18H18N2O6/c1-25-17-10-13(5-7-16(17)21)6-8-18(22)19-11-14-3-2-4-15(9-14)12-26-20(23)24/h2-10,21H,11-12H2,1H3,(H,19,22). The van der Waals surface area contributed by atoms with Gasteiger partial charge in [0.15, 0.2) is 11.5 Å². The van der Waals surface area contributed by atoms with E-state index in [2.05, 4.69) is 10.2 Å².